The number of allylic oxidation sites excluding steroid dienone is 2. The SMILES string of the molecule is CCN=C(/C(O)=C(/C)N)c1nc(-c2nc(C(N)=O)n3cc(C)ccc23)n[nH]1. The first-order valence-electron chi connectivity index (χ1n) is 8.25. The number of fused-ring (bicyclic) bond motifs is 1. The summed E-state index contributed by atoms with van der Waals surface area (Å²) in [6.07, 6.45) is 1.76. The molecule has 0 fully saturated rings. The van der Waals surface area contributed by atoms with E-state index in [1.807, 2.05) is 26.0 Å². The maximum Gasteiger partial charge on any atom is 0.285 e. The number of aliphatic hydroxyl groups excluding tert-OH is 1. The van der Waals surface area contributed by atoms with Crippen LogP contribution in [-0.4, -0.2) is 47.8 Å². The molecule has 10 heteroatoms. The van der Waals surface area contributed by atoms with Crippen LogP contribution >= 0.6 is 0 Å². The van der Waals surface area contributed by atoms with Gasteiger partial charge in [0.25, 0.3) is 5.91 Å². The van der Waals surface area contributed by atoms with Gasteiger partial charge in [-0.3, -0.25) is 19.3 Å². The van der Waals surface area contributed by atoms with Crippen LogP contribution in [0.25, 0.3) is 17.0 Å². The number of aromatic nitrogens is 5. The zero-order valence-electron chi connectivity index (χ0n) is 15.2. The van der Waals surface area contributed by atoms with E-state index in [1.165, 1.54) is 0 Å². The fourth-order valence-electron chi connectivity index (χ4n) is 2.61. The second kappa shape index (κ2) is 6.90. The van der Waals surface area contributed by atoms with Crippen molar-refractivity contribution in [1.82, 2.24) is 24.6 Å². The molecule has 6 N–H and O–H groups in total. The first kappa shape index (κ1) is 18.1. The maximum absolute atomic E-state index is 11.8. The van der Waals surface area contributed by atoms with E-state index in [9.17, 15) is 9.90 Å². The lowest BCUT2D eigenvalue weighted by molar-refractivity contribution is 0.0990. The maximum atomic E-state index is 11.8. The van der Waals surface area contributed by atoms with Gasteiger partial charge in [-0.15, -0.1) is 0 Å². The third-order valence-corrected chi connectivity index (χ3v) is 3.84. The Kier molecular flexibility index (Phi) is 4.63. The number of hydrogen-bond acceptors (Lipinski definition) is 7. The molecule has 3 heterocycles. The lowest BCUT2D eigenvalue weighted by atomic mass is 10.2. The first-order chi connectivity index (χ1) is 12.8. The highest BCUT2D eigenvalue weighted by Gasteiger charge is 2.21. The number of rotatable bonds is 5. The van der Waals surface area contributed by atoms with Gasteiger partial charge in [0, 0.05) is 18.4 Å². The van der Waals surface area contributed by atoms with Gasteiger partial charge in [-0.05, 0) is 32.4 Å². The number of hydrogen-bond donors (Lipinski definition) is 4. The molecule has 0 unspecified atom stereocenters. The van der Waals surface area contributed by atoms with Gasteiger partial charge in [0.1, 0.15) is 11.4 Å². The van der Waals surface area contributed by atoms with Gasteiger partial charge >= 0.3 is 0 Å². The van der Waals surface area contributed by atoms with Crippen LogP contribution in [0.3, 0.4) is 0 Å². The largest absolute Gasteiger partial charge is 0.504 e. The van der Waals surface area contributed by atoms with E-state index in [1.54, 1.807) is 17.5 Å². The van der Waals surface area contributed by atoms with Crippen LogP contribution in [0.1, 0.15) is 35.9 Å². The summed E-state index contributed by atoms with van der Waals surface area (Å²) in [4.78, 5) is 24.7. The number of carbonyl (C=O) groups excluding carboxylic acids is 1. The smallest absolute Gasteiger partial charge is 0.285 e. The molecular weight excluding hydrogens is 348 g/mol. The number of aliphatic hydroxyl groups is 1. The van der Waals surface area contributed by atoms with E-state index in [4.69, 9.17) is 11.5 Å². The van der Waals surface area contributed by atoms with Gasteiger partial charge in [0.2, 0.25) is 11.6 Å². The highest BCUT2D eigenvalue weighted by molar-refractivity contribution is 6.09. The molecule has 0 aliphatic rings. The van der Waals surface area contributed by atoms with Crippen LogP contribution in [0, 0.1) is 6.92 Å². The van der Waals surface area contributed by atoms with Crippen LogP contribution in [-0.2, 0) is 0 Å². The molecule has 1 amide bonds. The van der Waals surface area contributed by atoms with E-state index < -0.39 is 5.91 Å². The predicted octanol–water partition coefficient (Wildman–Crippen LogP) is 1.08. The van der Waals surface area contributed by atoms with Gasteiger partial charge in [0.05, 0.1) is 5.52 Å². The lowest BCUT2D eigenvalue weighted by Crippen LogP contribution is -2.15. The molecule has 27 heavy (non-hydrogen) atoms. The second-order valence-corrected chi connectivity index (χ2v) is 5.97. The average Bonchev–Trinajstić information content (AvgIpc) is 3.23. The number of nitrogens with two attached hydrogens (primary N) is 2. The zero-order valence-corrected chi connectivity index (χ0v) is 15.2. The summed E-state index contributed by atoms with van der Waals surface area (Å²) in [5.74, 6) is -0.279. The number of primary amides is 1. The van der Waals surface area contributed by atoms with Gasteiger partial charge in [-0.25, -0.2) is 9.97 Å². The third-order valence-electron chi connectivity index (χ3n) is 3.84. The number of aryl methyl sites for hydroxylation is 1. The van der Waals surface area contributed by atoms with E-state index in [0.29, 0.717) is 17.8 Å². The number of aromatic amines is 1. The van der Waals surface area contributed by atoms with E-state index in [-0.39, 0.29) is 34.6 Å². The van der Waals surface area contributed by atoms with Crippen molar-refractivity contribution in [2.24, 2.45) is 16.5 Å². The highest BCUT2D eigenvalue weighted by Crippen LogP contribution is 2.23. The molecule has 0 aromatic carbocycles. The minimum Gasteiger partial charge on any atom is -0.504 e. The van der Waals surface area contributed by atoms with E-state index in [2.05, 4.69) is 25.2 Å². The molecule has 140 valence electrons. The molecule has 0 saturated heterocycles. The van der Waals surface area contributed by atoms with Gasteiger partial charge in [-0.2, -0.15) is 5.10 Å². The number of nitrogens with zero attached hydrogens (tertiary/aromatic N) is 5. The van der Waals surface area contributed by atoms with E-state index >= 15 is 0 Å². The topological polar surface area (TPSA) is 161 Å². The van der Waals surface area contributed by atoms with Gasteiger partial charge < -0.3 is 16.6 Å². The van der Waals surface area contributed by atoms with Crippen LogP contribution in [0.5, 0.6) is 0 Å². The third kappa shape index (κ3) is 3.24. The quantitative estimate of drug-likeness (QED) is 0.389. The fraction of sp³-hybridized carbons (Fsp3) is 0.235. The molecule has 0 saturated carbocycles. The summed E-state index contributed by atoms with van der Waals surface area (Å²) < 4.78 is 1.60. The molecule has 0 spiro atoms. The Bertz CT molecular complexity index is 1090. The van der Waals surface area contributed by atoms with Crippen molar-refractivity contribution in [1.29, 1.82) is 0 Å². The van der Waals surface area contributed by atoms with Crippen LogP contribution < -0.4 is 11.5 Å². The Hall–Kier alpha value is -3.69. The van der Waals surface area contributed by atoms with Crippen molar-refractivity contribution in [2.75, 3.05) is 6.54 Å². The minimum atomic E-state index is -0.662. The van der Waals surface area contributed by atoms with Gasteiger partial charge in [0.15, 0.2) is 11.6 Å². The van der Waals surface area contributed by atoms with Crippen molar-refractivity contribution in [3.05, 3.63) is 47.0 Å². The Morgan fingerprint density at radius 2 is 2.07 bits per heavy atom. The summed E-state index contributed by atoms with van der Waals surface area (Å²) in [7, 11) is 0. The van der Waals surface area contributed by atoms with Crippen LogP contribution in [0.4, 0.5) is 0 Å². The highest BCUT2D eigenvalue weighted by atomic mass is 16.3. The van der Waals surface area contributed by atoms with Gasteiger partial charge in [-0.1, -0.05) is 6.07 Å². The van der Waals surface area contributed by atoms with Crippen LogP contribution in [0.15, 0.2) is 34.8 Å². The van der Waals surface area contributed by atoms with Crippen molar-refractivity contribution < 1.29 is 9.90 Å². The standard InChI is InChI=1S/C17H20N8O2/c1-4-20-12(13(26)9(3)18)16-22-15(23-24-16)11-10-6-5-8(2)7-25(10)17(21-11)14(19)27/h5-7,26H,4,18H2,1-3H3,(H2,19,27)(H,22,23,24)/b13-9+,20-12?. The Balaban J connectivity index is 2.16. The zero-order chi connectivity index (χ0) is 19.7. The first-order valence-corrected chi connectivity index (χ1v) is 8.25. The number of H-pyrrole nitrogens is 1. The Labute approximate surface area is 154 Å². The predicted molar refractivity (Wildman–Crippen MR) is 100 cm³/mol. The lowest BCUT2D eigenvalue weighted by Gasteiger charge is -2.03. The molecular formula is C17H20N8O2. The van der Waals surface area contributed by atoms with Crippen molar-refractivity contribution >= 4 is 17.1 Å². The number of aliphatic imine (C=N–C) groups is 1. The van der Waals surface area contributed by atoms with E-state index in [0.717, 1.165) is 5.56 Å². The van der Waals surface area contributed by atoms with Crippen LogP contribution in [0.2, 0.25) is 0 Å². The van der Waals surface area contributed by atoms with Crippen molar-refractivity contribution in [2.45, 2.75) is 20.8 Å². The van der Waals surface area contributed by atoms with Crippen molar-refractivity contribution in [3.63, 3.8) is 0 Å². The molecule has 0 atom stereocenters. The average molecular weight is 368 g/mol. The number of imidazole rings is 1. The number of amides is 1. The Morgan fingerprint density at radius 3 is 2.70 bits per heavy atom. The molecule has 0 bridgehead atoms. The fourth-order valence-corrected chi connectivity index (χ4v) is 2.61. The summed E-state index contributed by atoms with van der Waals surface area (Å²) >= 11 is 0. The number of pyridine rings is 1. The second-order valence-electron chi connectivity index (χ2n) is 5.97. The minimum absolute atomic E-state index is 0.0815. The van der Waals surface area contributed by atoms with Crippen molar-refractivity contribution in [3.8, 4) is 11.5 Å². The monoisotopic (exact) mass is 368 g/mol. The summed E-state index contributed by atoms with van der Waals surface area (Å²) in [6, 6.07) is 3.69. The summed E-state index contributed by atoms with van der Waals surface area (Å²) in [5, 5.41) is 17.1. The summed E-state index contributed by atoms with van der Waals surface area (Å²) in [6.45, 7) is 5.69. The molecule has 0 radical (unpaired) electrons. The molecule has 3 aromatic heterocycles. The molecule has 0 aliphatic heterocycles. The molecule has 3 rings (SSSR count). The Morgan fingerprint density at radius 1 is 1.33 bits per heavy atom. The molecule has 0 aliphatic carbocycles. The summed E-state index contributed by atoms with van der Waals surface area (Å²) in [5.41, 5.74) is 13.5. The number of nitrogens with one attached hydrogen (secondary N) is 1. The molecule has 10 nitrogen and oxygen atoms in total. The normalized spacial score (nSPS) is 13.1. The molecule has 3 aromatic rings. The number of carbonyl (C=O) groups is 1.